The Hall–Kier alpha value is -4.15. The van der Waals surface area contributed by atoms with Crippen molar-refractivity contribution in [3.63, 3.8) is 0 Å². The molecule has 0 saturated heterocycles. The maximum atomic E-state index is 11.0. The van der Waals surface area contributed by atoms with E-state index in [0.29, 0.717) is 19.6 Å². The third-order valence-electron chi connectivity index (χ3n) is 5.11. The van der Waals surface area contributed by atoms with Gasteiger partial charge in [-0.2, -0.15) is 0 Å². The van der Waals surface area contributed by atoms with Crippen LogP contribution in [0.3, 0.4) is 0 Å². The predicted molar refractivity (Wildman–Crippen MR) is 134 cm³/mol. The molecule has 2 aromatic rings. The van der Waals surface area contributed by atoms with Crippen molar-refractivity contribution in [3.05, 3.63) is 95.6 Å². The number of rotatable bonds is 7. The normalized spacial score (nSPS) is 14.2. The number of carbonyl (C=O) groups is 1. The minimum absolute atomic E-state index is 0.185. The Kier molecular flexibility index (Phi) is 9.20. The van der Waals surface area contributed by atoms with Crippen LogP contribution in [0.5, 0.6) is 11.5 Å². The van der Waals surface area contributed by atoms with Gasteiger partial charge < -0.3 is 14.2 Å². The van der Waals surface area contributed by atoms with Crippen molar-refractivity contribution in [2.75, 3.05) is 20.3 Å². The molecule has 0 fully saturated rings. The fourth-order valence-electron chi connectivity index (χ4n) is 3.22. The number of esters is 1. The molecule has 1 aliphatic carbocycles. The molecule has 0 aliphatic heterocycles. The number of allylic oxidation sites excluding steroid dienone is 4. The lowest BCUT2D eigenvalue weighted by Crippen LogP contribution is -2.06. The monoisotopic (exact) mass is 452 g/mol. The van der Waals surface area contributed by atoms with Crippen LogP contribution in [0.1, 0.15) is 30.9 Å². The molecule has 0 saturated carbocycles. The lowest BCUT2D eigenvalue weighted by atomic mass is 9.91. The van der Waals surface area contributed by atoms with Gasteiger partial charge in [0.2, 0.25) is 0 Å². The predicted octanol–water partition coefficient (Wildman–Crippen LogP) is 5.49. The molecule has 0 aromatic heterocycles. The molecule has 0 amide bonds. The first-order valence-electron chi connectivity index (χ1n) is 11.2. The van der Waals surface area contributed by atoms with Gasteiger partial charge in [0.15, 0.2) is 0 Å². The van der Waals surface area contributed by atoms with Gasteiger partial charge in [0.1, 0.15) is 11.5 Å². The van der Waals surface area contributed by atoms with E-state index in [9.17, 15) is 4.79 Å². The Morgan fingerprint density at radius 3 is 2.32 bits per heavy atom. The zero-order valence-electron chi connectivity index (χ0n) is 19.6. The fourth-order valence-corrected chi connectivity index (χ4v) is 3.22. The van der Waals surface area contributed by atoms with E-state index in [1.807, 2.05) is 48.5 Å². The molecule has 1 aliphatic rings. The van der Waals surface area contributed by atoms with Gasteiger partial charge in [-0.3, -0.25) is 0 Å². The maximum Gasteiger partial charge on any atom is 0.330 e. The number of benzene rings is 2. The molecule has 172 valence electrons. The summed E-state index contributed by atoms with van der Waals surface area (Å²) in [5.74, 6) is 14.4. The summed E-state index contributed by atoms with van der Waals surface area (Å²) in [6.45, 7) is 6.21. The van der Waals surface area contributed by atoms with Gasteiger partial charge in [0.25, 0.3) is 0 Å². The van der Waals surface area contributed by atoms with E-state index < -0.39 is 5.97 Å². The molecule has 4 heteroatoms. The summed E-state index contributed by atoms with van der Waals surface area (Å²) in [4.78, 5) is 11.0. The highest BCUT2D eigenvalue weighted by atomic mass is 16.5. The van der Waals surface area contributed by atoms with Crippen LogP contribution in [0.4, 0.5) is 0 Å². The van der Waals surface area contributed by atoms with Crippen molar-refractivity contribution >= 4 is 5.97 Å². The van der Waals surface area contributed by atoms with Gasteiger partial charge in [0, 0.05) is 35.1 Å². The van der Waals surface area contributed by atoms with Gasteiger partial charge in [-0.25, -0.2) is 4.79 Å². The van der Waals surface area contributed by atoms with Gasteiger partial charge in [-0.05, 0) is 67.4 Å². The SMILES string of the molecule is C=CC(=O)OCCCOc1ccc(C#CC2=CCC(C#Cc3ccc(OC)cc3)C=C2C)cc1. The van der Waals surface area contributed by atoms with E-state index >= 15 is 0 Å². The largest absolute Gasteiger partial charge is 0.497 e. The molecule has 0 radical (unpaired) electrons. The summed E-state index contributed by atoms with van der Waals surface area (Å²) in [5, 5.41) is 0. The lowest BCUT2D eigenvalue weighted by Gasteiger charge is -2.12. The zero-order valence-corrected chi connectivity index (χ0v) is 19.6. The first-order chi connectivity index (χ1) is 16.6. The highest BCUT2D eigenvalue weighted by Crippen LogP contribution is 2.22. The second-order valence-corrected chi connectivity index (χ2v) is 7.66. The number of ether oxygens (including phenoxy) is 3. The van der Waals surface area contributed by atoms with Crippen molar-refractivity contribution in [1.29, 1.82) is 0 Å². The van der Waals surface area contributed by atoms with E-state index in [1.54, 1.807) is 7.11 Å². The van der Waals surface area contributed by atoms with Crippen LogP contribution in [0.2, 0.25) is 0 Å². The molecular formula is C30H28O4. The summed E-state index contributed by atoms with van der Waals surface area (Å²) in [6.07, 6.45) is 6.96. The zero-order chi connectivity index (χ0) is 24.2. The van der Waals surface area contributed by atoms with E-state index in [0.717, 1.165) is 46.3 Å². The second-order valence-electron chi connectivity index (χ2n) is 7.66. The number of carbonyl (C=O) groups excluding carboxylic acids is 1. The maximum absolute atomic E-state index is 11.0. The van der Waals surface area contributed by atoms with Crippen molar-refractivity contribution in [2.24, 2.45) is 5.92 Å². The molecule has 1 atom stereocenters. The summed E-state index contributed by atoms with van der Waals surface area (Å²) in [5.41, 5.74) is 4.08. The third-order valence-corrected chi connectivity index (χ3v) is 5.11. The molecule has 0 spiro atoms. The van der Waals surface area contributed by atoms with E-state index in [2.05, 4.69) is 49.3 Å². The number of hydrogen-bond donors (Lipinski definition) is 0. The van der Waals surface area contributed by atoms with Crippen LogP contribution in [-0.4, -0.2) is 26.3 Å². The molecule has 3 rings (SSSR count). The Morgan fingerprint density at radius 2 is 1.68 bits per heavy atom. The Labute approximate surface area is 201 Å². The van der Waals surface area contributed by atoms with Crippen LogP contribution in [0.15, 0.2) is 84.5 Å². The van der Waals surface area contributed by atoms with E-state index in [4.69, 9.17) is 14.2 Å². The quantitative estimate of drug-likeness (QED) is 0.241. The first kappa shape index (κ1) is 24.5. The average molecular weight is 453 g/mol. The fraction of sp³-hybridized carbons (Fsp3) is 0.233. The van der Waals surface area contributed by atoms with Crippen LogP contribution < -0.4 is 9.47 Å². The Morgan fingerprint density at radius 1 is 1.00 bits per heavy atom. The topological polar surface area (TPSA) is 44.8 Å². The molecular weight excluding hydrogens is 424 g/mol. The molecule has 0 N–H and O–H groups in total. The third kappa shape index (κ3) is 7.76. The van der Waals surface area contributed by atoms with Crippen LogP contribution in [0.25, 0.3) is 0 Å². The van der Waals surface area contributed by atoms with Crippen LogP contribution in [0, 0.1) is 29.6 Å². The standard InChI is InChI=1S/C30H28O4/c1-4-30(31)34-21-5-20-33-29-18-12-25(13-19-29)8-14-27-15-9-26(22-23(27)2)7-6-24-10-16-28(32-3)17-11-24/h4,10-13,15-19,22,26H,1,5,9,20-21H2,2-3H3. The van der Waals surface area contributed by atoms with Gasteiger partial charge >= 0.3 is 5.97 Å². The molecule has 34 heavy (non-hydrogen) atoms. The Balaban J connectivity index is 1.50. The smallest absolute Gasteiger partial charge is 0.330 e. The van der Waals surface area contributed by atoms with E-state index in [-0.39, 0.29) is 5.92 Å². The highest BCUT2D eigenvalue weighted by Gasteiger charge is 2.09. The van der Waals surface area contributed by atoms with Crippen LogP contribution >= 0.6 is 0 Å². The summed E-state index contributed by atoms with van der Waals surface area (Å²) >= 11 is 0. The van der Waals surface area contributed by atoms with Gasteiger partial charge in [0.05, 0.1) is 20.3 Å². The lowest BCUT2D eigenvalue weighted by molar-refractivity contribution is -0.137. The summed E-state index contributed by atoms with van der Waals surface area (Å²) < 4.78 is 15.8. The Bertz CT molecular complexity index is 1180. The summed E-state index contributed by atoms with van der Waals surface area (Å²) in [6, 6.07) is 15.4. The highest BCUT2D eigenvalue weighted by molar-refractivity contribution is 5.81. The minimum Gasteiger partial charge on any atom is -0.497 e. The van der Waals surface area contributed by atoms with Crippen molar-refractivity contribution in [1.82, 2.24) is 0 Å². The van der Waals surface area contributed by atoms with Gasteiger partial charge in [-0.15, -0.1) is 0 Å². The average Bonchev–Trinajstić information content (AvgIpc) is 2.87. The summed E-state index contributed by atoms with van der Waals surface area (Å²) in [7, 11) is 1.66. The minimum atomic E-state index is -0.418. The van der Waals surface area contributed by atoms with Crippen molar-refractivity contribution in [2.45, 2.75) is 19.8 Å². The molecule has 0 heterocycles. The van der Waals surface area contributed by atoms with Gasteiger partial charge in [-0.1, -0.05) is 42.4 Å². The molecule has 0 bridgehead atoms. The second kappa shape index (κ2) is 12.8. The van der Waals surface area contributed by atoms with Crippen molar-refractivity contribution in [3.8, 4) is 35.2 Å². The molecule has 2 aromatic carbocycles. The van der Waals surface area contributed by atoms with Crippen molar-refractivity contribution < 1.29 is 19.0 Å². The van der Waals surface area contributed by atoms with Crippen LogP contribution in [-0.2, 0) is 9.53 Å². The molecule has 4 nitrogen and oxygen atoms in total. The number of methoxy groups -OCH3 is 1. The number of hydrogen-bond acceptors (Lipinski definition) is 4. The molecule has 1 unspecified atom stereocenters. The first-order valence-corrected chi connectivity index (χ1v) is 11.2. The van der Waals surface area contributed by atoms with E-state index in [1.165, 1.54) is 0 Å².